The molecule has 36 heavy (non-hydrogen) atoms. The maximum Gasteiger partial charge on any atom is 0.315 e. The van der Waals surface area contributed by atoms with Crippen LogP contribution in [0.25, 0.3) is 0 Å². The topological polar surface area (TPSA) is 55.7 Å². The first-order valence-corrected chi connectivity index (χ1v) is 13.1. The summed E-state index contributed by atoms with van der Waals surface area (Å²) in [5, 5.41) is 0. The lowest BCUT2D eigenvalue weighted by Crippen LogP contribution is -2.38. The van der Waals surface area contributed by atoms with Crippen LogP contribution in [0.5, 0.6) is 0 Å². The van der Waals surface area contributed by atoms with Gasteiger partial charge in [-0.25, -0.2) is 0 Å². The fraction of sp³-hybridized carbons (Fsp3) is 0.258. The Kier molecular flexibility index (Phi) is 7.28. The molecule has 0 N–H and O–H groups in total. The SMILES string of the molecule is CC1=NC2=C(C(=O)C[C@@H](c3ccccc3)C2)[C@@H](c2cccc(Br)c2)C1C(=O)OCCc1ccccc1. The monoisotopic (exact) mass is 541 g/mol. The fourth-order valence-electron chi connectivity index (χ4n) is 5.39. The summed E-state index contributed by atoms with van der Waals surface area (Å²) in [5.41, 5.74) is 5.34. The summed E-state index contributed by atoms with van der Waals surface area (Å²) in [4.78, 5) is 32.0. The molecule has 1 unspecified atom stereocenters. The van der Waals surface area contributed by atoms with Crippen molar-refractivity contribution in [1.82, 2.24) is 0 Å². The van der Waals surface area contributed by atoms with Crippen LogP contribution in [0.1, 0.15) is 48.3 Å². The van der Waals surface area contributed by atoms with Crippen LogP contribution in [0.2, 0.25) is 0 Å². The van der Waals surface area contributed by atoms with Crippen LogP contribution in [0, 0.1) is 5.92 Å². The maximum atomic E-state index is 13.7. The van der Waals surface area contributed by atoms with Gasteiger partial charge in [0, 0.05) is 40.2 Å². The zero-order chi connectivity index (χ0) is 25.1. The van der Waals surface area contributed by atoms with E-state index in [9.17, 15) is 9.59 Å². The van der Waals surface area contributed by atoms with Crippen LogP contribution in [-0.2, 0) is 20.7 Å². The normalized spacial score (nSPS) is 21.6. The Bertz CT molecular complexity index is 1330. The Morgan fingerprint density at radius 3 is 2.36 bits per heavy atom. The van der Waals surface area contributed by atoms with Crippen molar-refractivity contribution in [2.24, 2.45) is 10.9 Å². The van der Waals surface area contributed by atoms with Gasteiger partial charge in [0.15, 0.2) is 5.78 Å². The molecule has 0 spiro atoms. The van der Waals surface area contributed by atoms with Crippen LogP contribution < -0.4 is 0 Å². The van der Waals surface area contributed by atoms with Crippen molar-refractivity contribution >= 4 is 33.4 Å². The number of carbonyl (C=O) groups is 2. The summed E-state index contributed by atoms with van der Waals surface area (Å²) in [5.74, 6) is -1.23. The van der Waals surface area contributed by atoms with Gasteiger partial charge in [0.05, 0.1) is 6.61 Å². The van der Waals surface area contributed by atoms with Crippen molar-refractivity contribution in [3.8, 4) is 0 Å². The van der Waals surface area contributed by atoms with Crippen LogP contribution in [0.4, 0.5) is 0 Å². The van der Waals surface area contributed by atoms with Gasteiger partial charge >= 0.3 is 5.97 Å². The van der Waals surface area contributed by atoms with Gasteiger partial charge < -0.3 is 4.74 Å². The summed E-state index contributed by atoms with van der Waals surface area (Å²) >= 11 is 3.56. The number of benzene rings is 3. The molecule has 4 nitrogen and oxygen atoms in total. The van der Waals surface area contributed by atoms with Crippen LogP contribution >= 0.6 is 15.9 Å². The number of carbonyl (C=O) groups excluding carboxylic acids is 2. The van der Waals surface area contributed by atoms with E-state index in [1.165, 1.54) is 0 Å². The van der Waals surface area contributed by atoms with Crippen molar-refractivity contribution in [3.63, 3.8) is 0 Å². The summed E-state index contributed by atoms with van der Waals surface area (Å²) in [6.07, 6.45) is 1.74. The Balaban J connectivity index is 1.46. The van der Waals surface area contributed by atoms with Crippen molar-refractivity contribution in [2.75, 3.05) is 6.61 Å². The van der Waals surface area contributed by atoms with Gasteiger partial charge in [-0.05, 0) is 48.1 Å². The molecule has 1 heterocycles. The van der Waals surface area contributed by atoms with Gasteiger partial charge in [-0.1, -0.05) is 88.7 Å². The number of aliphatic imine (C=N–C) groups is 1. The third kappa shape index (κ3) is 5.12. The van der Waals surface area contributed by atoms with E-state index in [4.69, 9.17) is 9.73 Å². The van der Waals surface area contributed by atoms with Crippen molar-refractivity contribution in [3.05, 3.63) is 117 Å². The molecule has 0 saturated carbocycles. The highest BCUT2D eigenvalue weighted by atomic mass is 79.9. The lowest BCUT2D eigenvalue weighted by atomic mass is 9.69. The minimum Gasteiger partial charge on any atom is -0.465 e. The first-order chi connectivity index (χ1) is 17.5. The first kappa shape index (κ1) is 24.4. The molecule has 0 amide bonds. The molecule has 3 atom stereocenters. The lowest BCUT2D eigenvalue weighted by Gasteiger charge is -2.36. The van der Waals surface area contributed by atoms with Crippen LogP contribution in [0.15, 0.2) is 106 Å². The minimum atomic E-state index is -0.633. The Labute approximate surface area is 220 Å². The number of hydrogen-bond acceptors (Lipinski definition) is 4. The molecule has 0 bridgehead atoms. The number of hydrogen-bond donors (Lipinski definition) is 0. The van der Waals surface area contributed by atoms with Crippen molar-refractivity contribution in [1.29, 1.82) is 0 Å². The fourth-order valence-corrected chi connectivity index (χ4v) is 5.81. The highest BCUT2D eigenvalue weighted by molar-refractivity contribution is 9.10. The van der Waals surface area contributed by atoms with Crippen LogP contribution in [0.3, 0.4) is 0 Å². The van der Waals surface area contributed by atoms with E-state index in [2.05, 4.69) is 28.1 Å². The standard InChI is InChI=1S/C31H28BrNO3/c1-20-28(31(35)36-16-15-21-9-4-2-5-10-21)29(23-13-8-14-25(32)17-23)30-26(33-20)18-24(19-27(30)34)22-11-6-3-7-12-22/h2-14,17,24,28-29H,15-16,18-19H2,1H3/t24-,28?,29-/m0/s1. The molecule has 2 aliphatic rings. The molecule has 0 saturated heterocycles. The molecular formula is C31H28BrNO3. The molecule has 5 heteroatoms. The molecule has 1 aliphatic heterocycles. The Hall–Kier alpha value is -3.31. The zero-order valence-electron chi connectivity index (χ0n) is 20.2. The first-order valence-electron chi connectivity index (χ1n) is 12.3. The molecule has 0 radical (unpaired) electrons. The van der Waals surface area contributed by atoms with Crippen LogP contribution in [-0.4, -0.2) is 24.1 Å². The summed E-state index contributed by atoms with van der Waals surface area (Å²) in [7, 11) is 0. The molecule has 0 fully saturated rings. The number of ether oxygens (including phenoxy) is 1. The second-order valence-corrected chi connectivity index (χ2v) is 10.4. The summed E-state index contributed by atoms with van der Waals surface area (Å²) in [6, 6.07) is 28.0. The molecule has 5 rings (SSSR count). The quantitative estimate of drug-likeness (QED) is 0.322. The van der Waals surface area contributed by atoms with E-state index < -0.39 is 11.8 Å². The molecule has 3 aromatic carbocycles. The zero-order valence-corrected chi connectivity index (χ0v) is 21.8. The smallest absolute Gasteiger partial charge is 0.315 e. The molecule has 182 valence electrons. The van der Waals surface area contributed by atoms with E-state index in [-0.39, 0.29) is 24.3 Å². The predicted octanol–water partition coefficient (Wildman–Crippen LogP) is 6.81. The highest BCUT2D eigenvalue weighted by Crippen LogP contribution is 2.47. The van der Waals surface area contributed by atoms with E-state index in [1.54, 1.807) is 0 Å². The van der Waals surface area contributed by atoms with Gasteiger partial charge in [-0.3, -0.25) is 14.6 Å². The number of rotatable bonds is 6. The number of esters is 1. The van der Waals surface area contributed by atoms with E-state index in [1.807, 2.05) is 79.7 Å². The molecule has 0 aromatic heterocycles. The summed E-state index contributed by atoms with van der Waals surface area (Å²) < 4.78 is 6.68. The second kappa shape index (κ2) is 10.8. The number of ketones is 1. The third-order valence-corrected chi connectivity index (χ3v) is 7.59. The lowest BCUT2D eigenvalue weighted by molar-refractivity contribution is -0.146. The number of nitrogens with zero attached hydrogens (tertiary/aromatic N) is 1. The highest BCUT2D eigenvalue weighted by Gasteiger charge is 2.44. The minimum absolute atomic E-state index is 0.0633. The van der Waals surface area contributed by atoms with Crippen molar-refractivity contribution < 1.29 is 14.3 Å². The van der Waals surface area contributed by atoms with Gasteiger partial charge in [0.1, 0.15) is 5.92 Å². The van der Waals surface area contributed by atoms with Crippen molar-refractivity contribution in [2.45, 2.75) is 38.0 Å². The molecule has 3 aromatic rings. The summed E-state index contributed by atoms with van der Waals surface area (Å²) in [6.45, 7) is 2.17. The maximum absolute atomic E-state index is 13.7. The Morgan fingerprint density at radius 2 is 1.64 bits per heavy atom. The second-order valence-electron chi connectivity index (χ2n) is 9.47. The van der Waals surface area contributed by atoms with Gasteiger partial charge in [-0.15, -0.1) is 0 Å². The number of Topliss-reactive ketones (excluding diaryl/α,β-unsaturated/α-hetero) is 1. The number of allylic oxidation sites excluding steroid dienone is 2. The van der Waals surface area contributed by atoms with Gasteiger partial charge in [-0.2, -0.15) is 0 Å². The van der Waals surface area contributed by atoms with E-state index >= 15 is 0 Å². The molecular weight excluding hydrogens is 514 g/mol. The average Bonchev–Trinajstić information content (AvgIpc) is 2.89. The van der Waals surface area contributed by atoms with Gasteiger partial charge in [0.25, 0.3) is 0 Å². The van der Waals surface area contributed by atoms with E-state index in [0.717, 1.165) is 26.9 Å². The third-order valence-electron chi connectivity index (χ3n) is 7.10. The molecule has 1 aliphatic carbocycles. The number of halogens is 1. The largest absolute Gasteiger partial charge is 0.465 e. The average molecular weight is 542 g/mol. The Morgan fingerprint density at radius 1 is 0.944 bits per heavy atom. The van der Waals surface area contributed by atoms with E-state index in [0.29, 0.717) is 30.5 Å². The predicted molar refractivity (Wildman–Crippen MR) is 145 cm³/mol. The van der Waals surface area contributed by atoms with Gasteiger partial charge in [0.2, 0.25) is 0 Å².